The fraction of sp³-hybridized carbons (Fsp3) is 0.333. The highest BCUT2D eigenvalue weighted by Crippen LogP contribution is 2.31. The van der Waals surface area contributed by atoms with Crippen molar-refractivity contribution in [3.05, 3.63) is 54.3 Å². The molecular formula is C21H22FN3O4. The summed E-state index contributed by atoms with van der Waals surface area (Å²) in [6.07, 6.45) is -0.654. The lowest BCUT2D eigenvalue weighted by Gasteiger charge is -2.36. The lowest BCUT2D eigenvalue weighted by atomic mass is 10.2. The summed E-state index contributed by atoms with van der Waals surface area (Å²) in [5.74, 6) is 0.605. The number of carbonyl (C=O) groups is 2. The predicted molar refractivity (Wildman–Crippen MR) is 104 cm³/mol. The molecule has 0 aromatic heterocycles. The Kier molecular flexibility index (Phi) is 5.62. The van der Waals surface area contributed by atoms with Crippen LogP contribution in [-0.4, -0.2) is 67.0 Å². The Morgan fingerprint density at radius 3 is 2.41 bits per heavy atom. The number of hydrogen-bond acceptors (Lipinski definition) is 5. The minimum absolute atomic E-state index is 0.102. The number of nitrogens with zero attached hydrogens (tertiary/aromatic N) is 2. The minimum Gasteiger partial charge on any atom is -0.485 e. The van der Waals surface area contributed by atoms with Gasteiger partial charge >= 0.3 is 0 Å². The van der Waals surface area contributed by atoms with Gasteiger partial charge in [-0.3, -0.25) is 14.5 Å². The van der Waals surface area contributed by atoms with Crippen LogP contribution >= 0.6 is 0 Å². The van der Waals surface area contributed by atoms with Crippen LogP contribution in [0.2, 0.25) is 0 Å². The monoisotopic (exact) mass is 399 g/mol. The summed E-state index contributed by atoms with van der Waals surface area (Å²) in [6, 6.07) is 12.9. The molecule has 7 nitrogen and oxygen atoms in total. The van der Waals surface area contributed by atoms with E-state index in [1.165, 1.54) is 24.3 Å². The Balaban J connectivity index is 1.24. The smallest absolute Gasteiger partial charge is 0.267 e. The summed E-state index contributed by atoms with van der Waals surface area (Å²) in [4.78, 5) is 28.7. The standard InChI is InChI=1S/C21H22FN3O4/c22-15-5-7-16(8-6-15)23-20(26)13-24-9-11-25(12-10-24)21(27)19-14-28-17-3-1-2-4-18(17)29-19/h1-8,19H,9-14H2,(H,23,26)/t19-/m1/s1. The van der Waals surface area contributed by atoms with Crippen LogP contribution in [-0.2, 0) is 9.59 Å². The number of piperazine rings is 1. The molecule has 0 spiro atoms. The first kappa shape index (κ1) is 19.2. The zero-order valence-electron chi connectivity index (χ0n) is 15.8. The maximum Gasteiger partial charge on any atom is 0.267 e. The third-order valence-corrected chi connectivity index (χ3v) is 4.96. The van der Waals surface area contributed by atoms with Crippen molar-refractivity contribution in [2.45, 2.75) is 6.10 Å². The molecule has 1 atom stereocenters. The number of hydrogen-bond donors (Lipinski definition) is 1. The second kappa shape index (κ2) is 8.48. The van der Waals surface area contributed by atoms with Crippen molar-refractivity contribution in [3.63, 3.8) is 0 Å². The number of ether oxygens (including phenoxy) is 2. The maximum absolute atomic E-state index is 12.9. The summed E-state index contributed by atoms with van der Waals surface area (Å²) in [5, 5.41) is 2.75. The molecule has 152 valence electrons. The van der Waals surface area contributed by atoms with Crippen molar-refractivity contribution < 1.29 is 23.5 Å². The van der Waals surface area contributed by atoms with Gasteiger partial charge in [-0.2, -0.15) is 0 Å². The molecule has 2 aromatic carbocycles. The molecule has 0 unspecified atom stereocenters. The average molecular weight is 399 g/mol. The van der Waals surface area contributed by atoms with Gasteiger partial charge in [0.2, 0.25) is 12.0 Å². The van der Waals surface area contributed by atoms with E-state index >= 15 is 0 Å². The zero-order valence-corrected chi connectivity index (χ0v) is 15.8. The molecule has 4 rings (SSSR count). The predicted octanol–water partition coefficient (Wildman–Crippen LogP) is 1.75. The van der Waals surface area contributed by atoms with Crippen LogP contribution in [0.15, 0.2) is 48.5 Å². The number of anilines is 1. The van der Waals surface area contributed by atoms with Crippen molar-refractivity contribution in [3.8, 4) is 11.5 Å². The van der Waals surface area contributed by atoms with E-state index in [9.17, 15) is 14.0 Å². The SMILES string of the molecule is O=C(CN1CCN(C(=O)[C@H]2COc3ccccc3O2)CC1)Nc1ccc(F)cc1. The van der Waals surface area contributed by atoms with Gasteiger partial charge in [-0.25, -0.2) is 4.39 Å². The third-order valence-electron chi connectivity index (χ3n) is 4.96. The van der Waals surface area contributed by atoms with E-state index < -0.39 is 6.10 Å². The van der Waals surface area contributed by atoms with Crippen molar-refractivity contribution in [1.29, 1.82) is 0 Å². The van der Waals surface area contributed by atoms with E-state index in [0.29, 0.717) is 43.4 Å². The van der Waals surface area contributed by atoms with Gasteiger partial charge < -0.3 is 19.7 Å². The second-order valence-electron chi connectivity index (χ2n) is 7.02. The first-order chi connectivity index (χ1) is 14.1. The third kappa shape index (κ3) is 4.65. The van der Waals surface area contributed by atoms with E-state index in [1.807, 2.05) is 23.1 Å². The topological polar surface area (TPSA) is 71.1 Å². The molecular weight excluding hydrogens is 377 g/mol. The van der Waals surface area contributed by atoms with Gasteiger partial charge in [0, 0.05) is 31.9 Å². The normalized spacial score (nSPS) is 18.9. The zero-order chi connectivity index (χ0) is 20.2. The molecule has 2 heterocycles. The quantitative estimate of drug-likeness (QED) is 0.848. The number of halogens is 1. The summed E-state index contributed by atoms with van der Waals surface area (Å²) < 4.78 is 24.4. The Hall–Kier alpha value is -3.13. The van der Waals surface area contributed by atoms with Crippen LogP contribution in [0.4, 0.5) is 10.1 Å². The second-order valence-corrected chi connectivity index (χ2v) is 7.02. The molecule has 29 heavy (non-hydrogen) atoms. The Bertz CT molecular complexity index is 882. The number of benzene rings is 2. The van der Waals surface area contributed by atoms with Crippen molar-refractivity contribution in [2.24, 2.45) is 0 Å². The first-order valence-corrected chi connectivity index (χ1v) is 9.53. The minimum atomic E-state index is -0.654. The average Bonchev–Trinajstić information content (AvgIpc) is 2.75. The number of para-hydroxylation sites is 2. The number of amides is 2. The van der Waals surface area contributed by atoms with Gasteiger partial charge in [0.1, 0.15) is 12.4 Å². The molecule has 2 aliphatic heterocycles. The Labute approximate surface area is 168 Å². The highest BCUT2D eigenvalue weighted by molar-refractivity contribution is 5.92. The number of rotatable bonds is 4. The van der Waals surface area contributed by atoms with E-state index in [4.69, 9.17) is 9.47 Å². The molecule has 2 amide bonds. The highest BCUT2D eigenvalue weighted by atomic mass is 19.1. The van der Waals surface area contributed by atoms with Crippen molar-refractivity contribution in [2.75, 3.05) is 44.6 Å². The Morgan fingerprint density at radius 2 is 1.69 bits per heavy atom. The van der Waals surface area contributed by atoms with E-state index in [1.54, 1.807) is 11.0 Å². The van der Waals surface area contributed by atoms with Crippen LogP contribution in [0.25, 0.3) is 0 Å². The lowest BCUT2D eigenvalue weighted by molar-refractivity contribution is -0.143. The molecule has 1 saturated heterocycles. The van der Waals surface area contributed by atoms with Gasteiger partial charge in [0.05, 0.1) is 6.54 Å². The van der Waals surface area contributed by atoms with Gasteiger partial charge in [-0.05, 0) is 36.4 Å². The van der Waals surface area contributed by atoms with E-state index in [-0.39, 0.29) is 30.8 Å². The summed E-state index contributed by atoms with van der Waals surface area (Å²) in [5.41, 5.74) is 0.556. The number of nitrogens with one attached hydrogen (secondary N) is 1. The largest absolute Gasteiger partial charge is 0.485 e. The van der Waals surface area contributed by atoms with Crippen LogP contribution in [0, 0.1) is 5.82 Å². The van der Waals surface area contributed by atoms with Crippen LogP contribution < -0.4 is 14.8 Å². The maximum atomic E-state index is 12.9. The fourth-order valence-corrected chi connectivity index (χ4v) is 3.41. The molecule has 2 aromatic rings. The lowest BCUT2D eigenvalue weighted by Crippen LogP contribution is -2.54. The van der Waals surface area contributed by atoms with Crippen molar-refractivity contribution in [1.82, 2.24) is 9.80 Å². The first-order valence-electron chi connectivity index (χ1n) is 9.53. The molecule has 0 bridgehead atoms. The van der Waals surface area contributed by atoms with Gasteiger partial charge in [0.25, 0.3) is 5.91 Å². The van der Waals surface area contributed by atoms with E-state index in [0.717, 1.165) is 0 Å². The number of fused-ring (bicyclic) bond motifs is 1. The fourth-order valence-electron chi connectivity index (χ4n) is 3.41. The molecule has 0 aliphatic carbocycles. The van der Waals surface area contributed by atoms with Gasteiger partial charge in [-0.15, -0.1) is 0 Å². The Morgan fingerprint density at radius 1 is 1.00 bits per heavy atom. The molecule has 1 N–H and O–H groups in total. The number of carbonyl (C=O) groups excluding carboxylic acids is 2. The van der Waals surface area contributed by atoms with Gasteiger partial charge in [0.15, 0.2) is 11.5 Å². The molecule has 0 saturated carbocycles. The molecule has 1 fully saturated rings. The molecule has 2 aliphatic rings. The van der Waals surface area contributed by atoms with Crippen LogP contribution in [0.5, 0.6) is 11.5 Å². The summed E-state index contributed by atoms with van der Waals surface area (Å²) in [7, 11) is 0. The van der Waals surface area contributed by atoms with Gasteiger partial charge in [-0.1, -0.05) is 12.1 Å². The molecule has 0 radical (unpaired) electrons. The summed E-state index contributed by atoms with van der Waals surface area (Å²) in [6.45, 7) is 2.62. The highest BCUT2D eigenvalue weighted by Gasteiger charge is 2.32. The molecule has 8 heteroatoms. The van der Waals surface area contributed by atoms with Crippen molar-refractivity contribution >= 4 is 17.5 Å². The van der Waals surface area contributed by atoms with Crippen LogP contribution in [0.3, 0.4) is 0 Å². The summed E-state index contributed by atoms with van der Waals surface area (Å²) >= 11 is 0. The van der Waals surface area contributed by atoms with E-state index in [2.05, 4.69) is 5.32 Å². The van der Waals surface area contributed by atoms with Crippen LogP contribution in [0.1, 0.15) is 0 Å².